The first kappa shape index (κ1) is 10.1. The Bertz CT molecular complexity index is 329. The molecule has 3 nitrogen and oxygen atoms in total. The van der Waals surface area contributed by atoms with Crippen LogP contribution in [0.15, 0.2) is 46.2 Å². The molecule has 0 spiro atoms. The number of hydrogen-bond donors (Lipinski definition) is 1. The molecular formula is C9H8O3S. The van der Waals surface area contributed by atoms with Crippen LogP contribution in [-0.2, 0) is 9.37 Å². The molecule has 0 fully saturated rings. The van der Waals surface area contributed by atoms with Gasteiger partial charge in [0.1, 0.15) is 0 Å². The third-order valence-corrected chi connectivity index (χ3v) is 1.82. The van der Waals surface area contributed by atoms with Gasteiger partial charge in [0.05, 0.1) is 16.9 Å². The smallest absolute Gasteiger partial charge is 0.0805 e. The Morgan fingerprint density at radius 3 is 2.85 bits per heavy atom. The van der Waals surface area contributed by atoms with Gasteiger partial charge in [-0.3, -0.25) is 0 Å². The lowest BCUT2D eigenvalue weighted by molar-refractivity contribution is -0.431. The van der Waals surface area contributed by atoms with Crippen molar-refractivity contribution in [2.75, 3.05) is 0 Å². The van der Waals surface area contributed by atoms with E-state index < -0.39 is 0 Å². The molecule has 1 rings (SSSR count). The van der Waals surface area contributed by atoms with Crippen LogP contribution in [0.1, 0.15) is 6.92 Å². The summed E-state index contributed by atoms with van der Waals surface area (Å²) in [4.78, 5) is 0.700. The molecule has 0 radical (unpaired) electrons. The highest BCUT2D eigenvalue weighted by Gasteiger charge is 1.94. The molecule has 0 atom stereocenters. The first-order chi connectivity index (χ1) is 6.33. The van der Waals surface area contributed by atoms with Crippen molar-refractivity contribution in [1.29, 1.82) is 0 Å². The molecule has 0 aromatic rings. The lowest BCUT2D eigenvalue weighted by Gasteiger charge is -1.95. The molecule has 4 heteroatoms. The number of hydrogen-bond acceptors (Lipinski definition) is 4. The molecule has 0 bridgehead atoms. The summed E-state index contributed by atoms with van der Waals surface area (Å²) in [5.41, 5.74) is 6.90. The van der Waals surface area contributed by atoms with E-state index in [0.29, 0.717) is 4.91 Å². The van der Waals surface area contributed by atoms with Crippen molar-refractivity contribution in [1.82, 2.24) is 0 Å². The van der Waals surface area contributed by atoms with Gasteiger partial charge in [0.25, 0.3) is 0 Å². The van der Waals surface area contributed by atoms with Crippen LogP contribution in [0.25, 0.3) is 0 Å². The predicted molar refractivity (Wildman–Crippen MR) is 50.4 cm³/mol. The van der Waals surface area contributed by atoms with Crippen molar-refractivity contribution in [3.8, 4) is 0 Å². The molecule has 0 heterocycles. The van der Waals surface area contributed by atoms with E-state index in [1.54, 1.807) is 18.2 Å². The molecule has 0 aromatic carbocycles. The SMILES string of the molecule is CC1=C=CC=C=C(SOOO)C=C1. The number of allylic oxidation sites excluding steroid dienone is 3. The molecule has 68 valence electrons. The molecule has 1 N–H and O–H groups in total. The van der Waals surface area contributed by atoms with Crippen LogP contribution >= 0.6 is 12.0 Å². The van der Waals surface area contributed by atoms with Crippen molar-refractivity contribution in [3.63, 3.8) is 0 Å². The van der Waals surface area contributed by atoms with Gasteiger partial charge in [-0.15, -0.1) is 15.8 Å². The maximum atomic E-state index is 7.93. The molecule has 0 saturated carbocycles. The molecule has 1 aliphatic carbocycles. The van der Waals surface area contributed by atoms with Gasteiger partial charge in [0.2, 0.25) is 0 Å². The molecule has 1 aliphatic rings. The summed E-state index contributed by atoms with van der Waals surface area (Å²) in [6, 6.07) is 0. The first-order valence-electron chi connectivity index (χ1n) is 3.54. The lowest BCUT2D eigenvalue weighted by atomic mass is 10.2. The highest BCUT2D eigenvalue weighted by Crippen LogP contribution is 2.18. The largest absolute Gasteiger partial charge is 0.220 e. The Hall–Kier alpha value is -0.990. The summed E-state index contributed by atoms with van der Waals surface area (Å²) in [5.74, 6) is 0. The van der Waals surface area contributed by atoms with Crippen LogP contribution in [0.2, 0.25) is 0 Å². The van der Waals surface area contributed by atoms with Crippen LogP contribution < -0.4 is 0 Å². The molecule has 0 aromatic heterocycles. The van der Waals surface area contributed by atoms with Crippen molar-refractivity contribution in [3.05, 3.63) is 46.2 Å². The lowest BCUT2D eigenvalue weighted by Crippen LogP contribution is -1.78. The quantitative estimate of drug-likeness (QED) is 0.326. The normalized spacial score (nSPS) is 14.9. The minimum atomic E-state index is 0.700. The van der Waals surface area contributed by atoms with Crippen LogP contribution in [0.5, 0.6) is 0 Å². The van der Waals surface area contributed by atoms with Crippen LogP contribution in [0.4, 0.5) is 0 Å². The zero-order valence-electron chi connectivity index (χ0n) is 6.98. The van der Waals surface area contributed by atoms with Gasteiger partial charge in [0.15, 0.2) is 0 Å². The summed E-state index contributed by atoms with van der Waals surface area (Å²) in [6.45, 7) is 1.93. The third-order valence-electron chi connectivity index (χ3n) is 1.26. The fraction of sp³-hybridized carbons (Fsp3) is 0.111. The van der Waals surface area contributed by atoms with E-state index in [9.17, 15) is 0 Å². The molecule has 0 amide bonds. The second kappa shape index (κ2) is 5.62. The van der Waals surface area contributed by atoms with Gasteiger partial charge >= 0.3 is 0 Å². The molecule has 13 heavy (non-hydrogen) atoms. The van der Waals surface area contributed by atoms with Crippen molar-refractivity contribution in [2.24, 2.45) is 0 Å². The van der Waals surface area contributed by atoms with Crippen molar-refractivity contribution >= 4 is 12.0 Å². The second-order valence-electron chi connectivity index (χ2n) is 2.23. The summed E-state index contributed by atoms with van der Waals surface area (Å²) in [5, 5.41) is 11.4. The van der Waals surface area contributed by atoms with E-state index in [1.807, 2.05) is 13.0 Å². The van der Waals surface area contributed by atoms with Crippen LogP contribution in [0.3, 0.4) is 0 Å². The third kappa shape index (κ3) is 3.97. The average Bonchev–Trinajstić information content (AvgIpc) is 2.11. The summed E-state index contributed by atoms with van der Waals surface area (Å²) in [7, 11) is 0. The van der Waals surface area contributed by atoms with Gasteiger partial charge in [-0.1, -0.05) is 5.04 Å². The first-order valence-corrected chi connectivity index (χ1v) is 4.28. The summed E-state index contributed by atoms with van der Waals surface area (Å²) >= 11 is 0.876. The standard InChI is InChI=1S/C9H8O3S/c1-8-4-2-3-5-9(7-6-8)13-12-11-10/h2-3,6-7,10H,1H3. The van der Waals surface area contributed by atoms with Gasteiger partial charge in [-0.2, -0.15) is 0 Å². The Kier molecular flexibility index (Phi) is 4.36. The molecule has 0 saturated heterocycles. The Balaban J connectivity index is 2.73. The fourth-order valence-corrected chi connectivity index (χ4v) is 1.04. The Labute approximate surface area is 80.4 Å². The predicted octanol–water partition coefficient (Wildman–Crippen LogP) is 2.77. The van der Waals surface area contributed by atoms with Crippen LogP contribution in [-0.4, -0.2) is 5.26 Å². The van der Waals surface area contributed by atoms with E-state index in [2.05, 4.69) is 20.8 Å². The van der Waals surface area contributed by atoms with Gasteiger partial charge in [-0.25, -0.2) is 5.26 Å². The molecule has 0 unspecified atom stereocenters. The average molecular weight is 196 g/mol. The molecular weight excluding hydrogens is 188 g/mol. The minimum absolute atomic E-state index is 0.700. The Morgan fingerprint density at radius 1 is 1.31 bits per heavy atom. The maximum absolute atomic E-state index is 7.93. The van der Waals surface area contributed by atoms with Crippen LogP contribution in [0, 0.1) is 0 Å². The van der Waals surface area contributed by atoms with E-state index in [4.69, 9.17) is 5.26 Å². The van der Waals surface area contributed by atoms with Gasteiger partial charge in [0, 0.05) is 0 Å². The van der Waals surface area contributed by atoms with Gasteiger partial charge < -0.3 is 0 Å². The molecule has 0 aliphatic heterocycles. The minimum Gasteiger partial charge on any atom is -0.220 e. The zero-order chi connectivity index (χ0) is 9.52. The Morgan fingerprint density at radius 2 is 2.08 bits per heavy atom. The highest BCUT2D eigenvalue weighted by atomic mass is 32.2. The summed E-state index contributed by atoms with van der Waals surface area (Å²) in [6.07, 6.45) is 7.10. The highest BCUT2D eigenvalue weighted by molar-refractivity contribution is 7.98. The van der Waals surface area contributed by atoms with E-state index >= 15 is 0 Å². The van der Waals surface area contributed by atoms with Crippen molar-refractivity contribution < 1.29 is 14.6 Å². The van der Waals surface area contributed by atoms with Crippen molar-refractivity contribution in [2.45, 2.75) is 6.92 Å². The summed E-state index contributed by atoms with van der Waals surface area (Å²) < 4.78 is 4.26. The topological polar surface area (TPSA) is 38.7 Å². The van der Waals surface area contributed by atoms with E-state index in [0.717, 1.165) is 17.6 Å². The maximum Gasteiger partial charge on any atom is 0.0805 e. The zero-order valence-corrected chi connectivity index (χ0v) is 7.80. The van der Waals surface area contributed by atoms with E-state index in [1.165, 1.54) is 0 Å². The van der Waals surface area contributed by atoms with Gasteiger partial charge in [-0.05, 0) is 36.8 Å². The number of rotatable bonds is 3. The fourth-order valence-electron chi connectivity index (χ4n) is 0.698. The monoisotopic (exact) mass is 196 g/mol. The van der Waals surface area contributed by atoms with E-state index in [-0.39, 0.29) is 0 Å². The second-order valence-corrected chi connectivity index (χ2v) is 2.97.